The van der Waals surface area contributed by atoms with E-state index in [2.05, 4.69) is 10.5 Å². The van der Waals surface area contributed by atoms with Gasteiger partial charge in [0, 0.05) is 24.5 Å². The molecule has 1 aromatic carbocycles. The largest absolute Gasteiger partial charge is 0.426 e. The SMILES string of the molecule is Cc1cc(C[C@@H]2COC[C@@H]2NC(=O)c2ccc(Oc3ccccc3)o2)on1. The molecule has 2 aromatic heterocycles. The first kappa shape index (κ1) is 17.4. The van der Waals surface area contributed by atoms with Gasteiger partial charge >= 0.3 is 0 Å². The van der Waals surface area contributed by atoms with E-state index in [0.717, 1.165) is 11.5 Å². The van der Waals surface area contributed by atoms with E-state index in [1.54, 1.807) is 12.1 Å². The van der Waals surface area contributed by atoms with Gasteiger partial charge in [0.15, 0.2) is 5.76 Å². The fraction of sp³-hybridized carbons (Fsp3) is 0.300. The van der Waals surface area contributed by atoms with E-state index < -0.39 is 0 Å². The number of hydrogen-bond donors (Lipinski definition) is 1. The van der Waals surface area contributed by atoms with Gasteiger partial charge in [-0.3, -0.25) is 4.79 Å². The van der Waals surface area contributed by atoms with Crippen molar-refractivity contribution in [1.29, 1.82) is 0 Å². The molecule has 3 aromatic rings. The summed E-state index contributed by atoms with van der Waals surface area (Å²) in [6.07, 6.45) is 0.659. The van der Waals surface area contributed by atoms with Crippen molar-refractivity contribution in [2.24, 2.45) is 5.92 Å². The lowest BCUT2D eigenvalue weighted by Crippen LogP contribution is -2.40. The molecule has 7 nitrogen and oxygen atoms in total. The second-order valence-corrected chi connectivity index (χ2v) is 6.55. The molecule has 0 bridgehead atoms. The summed E-state index contributed by atoms with van der Waals surface area (Å²) < 4.78 is 21.9. The first-order valence-corrected chi connectivity index (χ1v) is 8.81. The molecule has 1 fully saturated rings. The van der Waals surface area contributed by atoms with Crippen LogP contribution in [0.25, 0.3) is 0 Å². The van der Waals surface area contributed by atoms with Gasteiger partial charge in [0.05, 0.1) is 24.9 Å². The Morgan fingerprint density at radius 1 is 1.22 bits per heavy atom. The van der Waals surface area contributed by atoms with E-state index in [9.17, 15) is 4.79 Å². The molecule has 27 heavy (non-hydrogen) atoms. The Labute approximate surface area is 156 Å². The molecule has 3 heterocycles. The molecule has 1 amide bonds. The fourth-order valence-electron chi connectivity index (χ4n) is 3.07. The lowest BCUT2D eigenvalue weighted by Gasteiger charge is -2.17. The van der Waals surface area contributed by atoms with E-state index >= 15 is 0 Å². The molecule has 0 radical (unpaired) electrons. The molecule has 2 atom stereocenters. The van der Waals surface area contributed by atoms with E-state index in [4.69, 9.17) is 18.4 Å². The van der Waals surface area contributed by atoms with Gasteiger partial charge in [0.1, 0.15) is 11.5 Å². The van der Waals surface area contributed by atoms with E-state index in [1.165, 1.54) is 0 Å². The van der Waals surface area contributed by atoms with Crippen molar-refractivity contribution >= 4 is 5.91 Å². The number of para-hydroxylation sites is 1. The molecule has 1 aliphatic rings. The Balaban J connectivity index is 1.37. The first-order valence-electron chi connectivity index (χ1n) is 8.81. The molecular weight excluding hydrogens is 348 g/mol. The summed E-state index contributed by atoms with van der Waals surface area (Å²) in [6.45, 7) is 2.90. The van der Waals surface area contributed by atoms with Crippen molar-refractivity contribution in [1.82, 2.24) is 10.5 Å². The minimum atomic E-state index is -0.299. The third-order valence-electron chi connectivity index (χ3n) is 4.42. The summed E-state index contributed by atoms with van der Waals surface area (Å²) in [5.41, 5.74) is 0.839. The Bertz CT molecular complexity index is 902. The molecule has 140 valence electrons. The van der Waals surface area contributed by atoms with Crippen LogP contribution < -0.4 is 10.1 Å². The van der Waals surface area contributed by atoms with Crippen LogP contribution in [-0.2, 0) is 11.2 Å². The summed E-state index contributed by atoms with van der Waals surface area (Å²) in [4.78, 5) is 12.5. The van der Waals surface area contributed by atoms with Crippen LogP contribution >= 0.6 is 0 Å². The molecule has 1 N–H and O–H groups in total. The minimum Gasteiger partial charge on any atom is -0.426 e. The van der Waals surface area contributed by atoms with Gasteiger partial charge < -0.3 is 23.7 Å². The van der Waals surface area contributed by atoms with Crippen molar-refractivity contribution in [2.75, 3.05) is 13.2 Å². The molecule has 1 saturated heterocycles. The van der Waals surface area contributed by atoms with Crippen LogP contribution in [0.1, 0.15) is 22.0 Å². The third-order valence-corrected chi connectivity index (χ3v) is 4.42. The predicted molar refractivity (Wildman–Crippen MR) is 95.7 cm³/mol. The number of carbonyl (C=O) groups excluding carboxylic acids is 1. The summed E-state index contributed by atoms with van der Waals surface area (Å²) in [5, 5.41) is 6.87. The average Bonchev–Trinajstić information content (AvgIpc) is 3.39. The average molecular weight is 368 g/mol. The molecule has 0 unspecified atom stereocenters. The summed E-state index contributed by atoms with van der Waals surface area (Å²) in [6, 6.07) is 14.3. The number of nitrogens with one attached hydrogen (secondary N) is 1. The van der Waals surface area contributed by atoms with Gasteiger partial charge in [-0.15, -0.1) is 0 Å². The maximum absolute atomic E-state index is 12.5. The number of hydrogen-bond acceptors (Lipinski definition) is 6. The van der Waals surface area contributed by atoms with Gasteiger partial charge in [-0.1, -0.05) is 23.4 Å². The van der Waals surface area contributed by atoms with Crippen LogP contribution in [0.15, 0.2) is 57.5 Å². The van der Waals surface area contributed by atoms with Gasteiger partial charge in [-0.2, -0.15) is 0 Å². The summed E-state index contributed by atoms with van der Waals surface area (Å²) >= 11 is 0. The van der Waals surface area contributed by atoms with Crippen molar-refractivity contribution in [2.45, 2.75) is 19.4 Å². The summed E-state index contributed by atoms with van der Waals surface area (Å²) in [5.74, 6) is 1.72. The molecular formula is C20H20N2O5. The first-order chi connectivity index (χ1) is 13.2. The zero-order valence-electron chi connectivity index (χ0n) is 14.9. The molecule has 4 rings (SSSR count). The number of carbonyl (C=O) groups is 1. The lowest BCUT2D eigenvalue weighted by molar-refractivity contribution is 0.0891. The maximum atomic E-state index is 12.5. The second kappa shape index (κ2) is 7.67. The molecule has 0 saturated carbocycles. The number of aromatic nitrogens is 1. The Hall–Kier alpha value is -3.06. The molecule has 0 spiro atoms. The van der Waals surface area contributed by atoms with E-state index in [1.807, 2.05) is 43.3 Å². The van der Waals surface area contributed by atoms with Crippen molar-refractivity contribution in [3.8, 4) is 11.7 Å². The zero-order valence-corrected chi connectivity index (χ0v) is 14.9. The van der Waals surface area contributed by atoms with Crippen LogP contribution in [0.3, 0.4) is 0 Å². The van der Waals surface area contributed by atoms with Crippen LogP contribution in [0.5, 0.6) is 11.7 Å². The normalized spacial score (nSPS) is 19.1. The topological polar surface area (TPSA) is 86.7 Å². The van der Waals surface area contributed by atoms with Crippen molar-refractivity contribution < 1.29 is 23.2 Å². The number of ether oxygens (including phenoxy) is 2. The van der Waals surface area contributed by atoms with Crippen molar-refractivity contribution in [3.63, 3.8) is 0 Å². The Kier molecular flexibility index (Phi) is 4.93. The van der Waals surface area contributed by atoms with Crippen LogP contribution in [0.4, 0.5) is 0 Å². The zero-order chi connectivity index (χ0) is 18.6. The van der Waals surface area contributed by atoms with Gasteiger partial charge in [-0.25, -0.2) is 0 Å². The number of amides is 1. The lowest BCUT2D eigenvalue weighted by atomic mass is 9.98. The highest BCUT2D eigenvalue weighted by atomic mass is 16.6. The molecule has 1 aliphatic heterocycles. The van der Waals surface area contributed by atoms with Crippen molar-refractivity contribution in [3.05, 3.63) is 65.7 Å². The standard InChI is InChI=1S/C20H20N2O5/c1-13-9-16(27-22-13)10-14-11-24-12-17(14)21-20(23)18-7-8-19(26-18)25-15-5-3-2-4-6-15/h2-9,14,17H,10-12H2,1H3,(H,21,23)/t14-,17+/m1/s1. The number of aryl methyl sites for hydroxylation is 1. The number of nitrogens with zero attached hydrogens (tertiary/aromatic N) is 1. The second-order valence-electron chi connectivity index (χ2n) is 6.55. The number of rotatable bonds is 6. The van der Waals surface area contributed by atoms with Gasteiger partial charge in [0.2, 0.25) is 0 Å². The molecule has 0 aliphatic carbocycles. The maximum Gasteiger partial charge on any atom is 0.290 e. The molecule has 7 heteroatoms. The van der Waals surface area contributed by atoms with Crippen LogP contribution in [-0.4, -0.2) is 30.3 Å². The Morgan fingerprint density at radius 2 is 2.07 bits per heavy atom. The summed E-state index contributed by atoms with van der Waals surface area (Å²) in [7, 11) is 0. The minimum absolute atomic E-state index is 0.119. The predicted octanol–water partition coefficient (Wildman–Crippen LogP) is 3.36. The van der Waals surface area contributed by atoms with Crippen LogP contribution in [0, 0.1) is 12.8 Å². The highest BCUT2D eigenvalue weighted by Gasteiger charge is 2.31. The highest BCUT2D eigenvalue weighted by Crippen LogP contribution is 2.24. The smallest absolute Gasteiger partial charge is 0.290 e. The fourth-order valence-corrected chi connectivity index (χ4v) is 3.07. The quantitative estimate of drug-likeness (QED) is 0.718. The number of furan rings is 1. The number of benzene rings is 1. The van der Waals surface area contributed by atoms with Crippen LogP contribution in [0.2, 0.25) is 0 Å². The van der Waals surface area contributed by atoms with E-state index in [0.29, 0.717) is 25.4 Å². The van der Waals surface area contributed by atoms with Gasteiger partial charge in [0.25, 0.3) is 11.9 Å². The highest BCUT2D eigenvalue weighted by molar-refractivity contribution is 5.91. The monoisotopic (exact) mass is 368 g/mol. The van der Waals surface area contributed by atoms with Gasteiger partial charge in [-0.05, 0) is 25.1 Å². The Morgan fingerprint density at radius 3 is 2.85 bits per heavy atom. The third kappa shape index (κ3) is 4.20. The van der Waals surface area contributed by atoms with E-state index in [-0.39, 0.29) is 29.6 Å².